The first-order valence-electron chi connectivity index (χ1n) is 8.08. The van der Waals surface area contributed by atoms with E-state index in [1.807, 2.05) is 18.2 Å². The second kappa shape index (κ2) is 6.27. The van der Waals surface area contributed by atoms with Gasteiger partial charge in [0.1, 0.15) is 9.84 Å². The first-order chi connectivity index (χ1) is 11.2. The van der Waals surface area contributed by atoms with E-state index < -0.39 is 9.84 Å². The van der Waals surface area contributed by atoms with Crippen molar-refractivity contribution in [2.45, 2.75) is 26.2 Å². The van der Waals surface area contributed by atoms with Gasteiger partial charge >= 0.3 is 0 Å². The van der Waals surface area contributed by atoms with Crippen LogP contribution in [0.5, 0.6) is 11.5 Å². The highest BCUT2D eigenvalue weighted by Crippen LogP contribution is 2.37. The van der Waals surface area contributed by atoms with E-state index in [0.29, 0.717) is 13.0 Å². The van der Waals surface area contributed by atoms with Crippen molar-refractivity contribution >= 4 is 15.7 Å². The van der Waals surface area contributed by atoms with Crippen molar-refractivity contribution in [1.82, 2.24) is 4.90 Å². The van der Waals surface area contributed by atoms with E-state index in [2.05, 4.69) is 6.92 Å². The van der Waals surface area contributed by atoms with Gasteiger partial charge in [0, 0.05) is 25.8 Å². The number of hydrogen-bond acceptors (Lipinski definition) is 5. The molecule has 2 aliphatic rings. The average molecular weight is 353 g/mol. The van der Waals surface area contributed by atoms with E-state index in [1.54, 1.807) is 4.90 Å². The Morgan fingerprint density at radius 2 is 2.00 bits per heavy atom. The molecule has 1 atom stereocenters. The minimum absolute atomic E-state index is 0.0127. The fourth-order valence-corrected chi connectivity index (χ4v) is 3.91. The van der Waals surface area contributed by atoms with Crippen molar-refractivity contribution in [3.63, 3.8) is 0 Å². The molecule has 0 spiro atoms. The fraction of sp³-hybridized carbons (Fsp3) is 0.588. The van der Waals surface area contributed by atoms with Crippen LogP contribution in [0.25, 0.3) is 0 Å². The van der Waals surface area contributed by atoms with Crippen LogP contribution in [0.1, 0.15) is 25.3 Å². The minimum atomic E-state index is -3.07. The molecule has 24 heavy (non-hydrogen) atoms. The highest BCUT2D eigenvalue weighted by molar-refractivity contribution is 7.90. The lowest BCUT2D eigenvalue weighted by atomic mass is 9.76. The van der Waals surface area contributed by atoms with Crippen molar-refractivity contribution < 1.29 is 22.7 Å². The fourth-order valence-electron chi connectivity index (χ4n) is 3.36. The van der Waals surface area contributed by atoms with Crippen LogP contribution in [0.4, 0.5) is 0 Å². The molecule has 0 radical (unpaired) electrons. The van der Waals surface area contributed by atoms with Crippen LogP contribution in [0.15, 0.2) is 18.2 Å². The second-order valence-corrected chi connectivity index (χ2v) is 9.38. The Morgan fingerprint density at radius 3 is 2.75 bits per heavy atom. The summed E-state index contributed by atoms with van der Waals surface area (Å²) in [4.78, 5) is 13.8. The number of likely N-dealkylation sites (tertiary alicyclic amines) is 1. The summed E-state index contributed by atoms with van der Waals surface area (Å²) < 4.78 is 33.5. The van der Waals surface area contributed by atoms with Gasteiger partial charge in [0.15, 0.2) is 11.5 Å². The van der Waals surface area contributed by atoms with E-state index in [1.165, 1.54) is 6.26 Å². The van der Waals surface area contributed by atoms with Gasteiger partial charge in [-0.15, -0.1) is 0 Å². The lowest BCUT2D eigenvalue weighted by Crippen LogP contribution is -2.47. The molecule has 1 saturated heterocycles. The molecule has 132 valence electrons. The summed E-state index contributed by atoms with van der Waals surface area (Å²) in [5.74, 6) is 1.58. The number of fused-ring (bicyclic) bond motifs is 1. The molecule has 0 aliphatic carbocycles. The maximum absolute atomic E-state index is 12.1. The Kier molecular flexibility index (Phi) is 4.46. The predicted octanol–water partition coefficient (Wildman–Crippen LogP) is 1.63. The molecule has 0 aromatic heterocycles. The zero-order chi connectivity index (χ0) is 17.4. The zero-order valence-electron chi connectivity index (χ0n) is 14.1. The van der Waals surface area contributed by atoms with E-state index in [9.17, 15) is 13.2 Å². The number of nitrogens with zero attached hydrogens (tertiary/aromatic N) is 1. The van der Waals surface area contributed by atoms with Crippen LogP contribution in [0, 0.1) is 5.41 Å². The molecular formula is C17H23NO5S. The Balaban J connectivity index is 1.69. The topological polar surface area (TPSA) is 72.9 Å². The Morgan fingerprint density at radius 1 is 1.25 bits per heavy atom. The van der Waals surface area contributed by atoms with Crippen LogP contribution in [-0.2, 0) is 21.1 Å². The number of carbonyl (C=O) groups excluding carboxylic acids is 1. The molecule has 6 nitrogen and oxygen atoms in total. The summed E-state index contributed by atoms with van der Waals surface area (Å²) in [5.41, 5.74) is 1.07. The van der Waals surface area contributed by atoms with Crippen LogP contribution in [-0.4, -0.2) is 51.1 Å². The van der Waals surface area contributed by atoms with Gasteiger partial charge < -0.3 is 14.4 Å². The number of rotatable bonds is 5. The lowest BCUT2D eigenvalue weighted by molar-refractivity contribution is -0.136. The number of piperidine rings is 1. The third-order valence-electron chi connectivity index (χ3n) is 4.67. The molecule has 1 fully saturated rings. The number of ether oxygens (including phenoxy) is 2. The van der Waals surface area contributed by atoms with Crippen LogP contribution < -0.4 is 9.47 Å². The average Bonchev–Trinajstić information content (AvgIpc) is 2.95. The van der Waals surface area contributed by atoms with Gasteiger partial charge in [-0.05, 0) is 36.0 Å². The van der Waals surface area contributed by atoms with Gasteiger partial charge in [0.05, 0.1) is 5.75 Å². The smallest absolute Gasteiger partial charge is 0.231 e. The maximum atomic E-state index is 12.1. The Labute approximate surface area is 142 Å². The molecule has 1 amide bonds. The van der Waals surface area contributed by atoms with Crippen molar-refractivity contribution in [2.24, 2.45) is 5.41 Å². The summed E-state index contributed by atoms with van der Waals surface area (Å²) >= 11 is 0. The highest BCUT2D eigenvalue weighted by Gasteiger charge is 2.35. The molecule has 0 N–H and O–H groups in total. The summed E-state index contributed by atoms with van der Waals surface area (Å²) in [7, 11) is -3.07. The standard InChI is InChI=1S/C17H23NO5S/c1-17(10-13-3-4-14-15(9-13)23-12-22-14)6-5-16(19)18(11-17)7-8-24(2,20)21/h3-4,9H,5-8,10-12H2,1-2H3/t17-/m1/s1. The van der Waals surface area contributed by atoms with E-state index in [4.69, 9.17) is 9.47 Å². The predicted molar refractivity (Wildman–Crippen MR) is 89.9 cm³/mol. The third kappa shape index (κ3) is 4.01. The van der Waals surface area contributed by atoms with Crippen molar-refractivity contribution in [3.8, 4) is 11.5 Å². The molecule has 1 aromatic rings. The molecule has 0 bridgehead atoms. The summed E-state index contributed by atoms with van der Waals surface area (Å²) in [6.07, 6.45) is 3.28. The molecule has 2 aliphatic heterocycles. The van der Waals surface area contributed by atoms with Crippen LogP contribution in [0.2, 0.25) is 0 Å². The number of amides is 1. The molecule has 3 rings (SSSR count). The normalized spacial score (nSPS) is 23.6. The molecular weight excluding hydrogens is 330 g/mol. The SMILES string of the molecule is C[C@]1(Cc2ccc3c(c2)OCO3)CCC(=O)N(CCS(C)(=O)=O)C1. The van der Waals surface area contributed by atoms with Crippen molar-refractivity contribution in [2.75, 3.05) is 31.9 Å². The van der Waals surface area contributed by atoms with Gasteiger partial charge in [-0.2, -0.15) is 0 Å². The van der Waals surface area contributed by atoms with Crippen LogP contribution >= 0.6 is 0 Å². The second-order valence-electron chi connectivity index (χ2n) is 7.12. The Bertz CT molecular complexity index is 745. The lowest BCUT2D eigenvalue weighted by Gasteiger charge is -2.40. The van der Waals surface area contributed by atoms with E-state index >= 15 is 0 Å². The first kappa shape index (κ1) is 17.1. The summed E-state index contributed by atoms with van der Waals surface area (Å²) in [6, 6.07) is 5.93. The Hall–Kier alpha value is -1.76. The summed E-state index contributed by atoms with van der Waals surface area (Å²) in [5, 5.41) is 0. The van der Waals surface area contributed by atoms with Gasteiger partial charge in [-0.25, -0.2) is 8.42 Å². The minimum Gasteiger partial charge on any atom is -0.454 e. The summed E-state index contributed by atoms with van der Waals surface area (Å²) in [6.45, 7) is 3.26. The number of benzene rings is 1. The van der Waals surface area contributed by atoms with Gasteiger partial charge in [-0.3, -0.25) is 4.79 Å². The van der Waals surface area contributed by atoms with Gasteiger partial charge in [-0.1, -0.05) is 13.0 Å². The third-order valence-corrected chi connectivity index (χ3v) is 5.59. The monoisotopic (exact) mass is 353 g/mol. The van der Waals surface area contributed by atoms with Gasteiger partial charge in [0.25, 0.3) is 0 Å². The van der Waals surface area contributed by atoms with Crippen molar-refractivity contribution in [1.29, 1.82) is 0 Å². The quantitative estimate of drug-likeness (QED) is 0.804. The van der Waals surface area contributed by atoms with Gasteiger partial charge in [0.2, 0.25) is 12.7 Å². The molecule has 7 heteroatoms. The molecule has 2 heterocycles. The van der Waals surface area contributed by atoms with E-state index in [-0.39, 0.29) is 30.4 Å². The first-order valence-corrected chi connectivity index (χ1v) is 10.1. The highest BCUT2D eigenvalue weighted by atomic mass is 32.2. The largest absolute Gasteiger partial charge is 0.454 e. The number of hydrogen-bond donors (Lipinski definition) is 0. The molecule has 0 unspecified atom stereocenters. The molecule has 0 saturated carbocycles. The van der Waals surface area contributed by atoms with Crippen LogP contribution in [0.3, 0.4) is 0 Å². The van der Waals surface area contributed by atoms with E-state index in [0.717, 1.165) is 29.9 Å². The van der Waals surface area contributed by atoms with Crippen molar-refractivity contribution in [3.05, 3.63) is 23.8 Å². The molecule has 1 aromatic carbocycles. The zero-order valence-corrected chi connectivity index (χ0v) is 14.9. The maximum Gasteiger partial charge on any atom is 0.231 e. The number of sulfone groups is 1. The number of carbonyl (C=O) groups is 1.